The SMILES string of the molecule is Cc1ccc(C)c(S(=O)(=O)N(C)CC(=O)N2CCOc3ccccc32)c1. The van der Waals surface area contributed by atoms with Crippen molar-refractivity contribution < 1.29 is 17.9 Å². The Hall–Kier alpha value is -2.38. The smallest absolute Gasteiger partial charge is 0.243 e. The van der Waals surface area contributed by atoms with Crippen LogP contribution in [0, 0.1) is 13.8 Å². The first kappa shape index (κ1) is 18.4. The second-order valence-corrected chi connectivity index (χ2v) is 8.40. The monoisotopic (exact) mass is 374 g/mol. The Labute approximate surface area is 154 Å². The van der Waals surface area contributed by atoms with E-state index in [9.17, 15) is 13.2 Å². The largest absolute Gasteiger partial charge is 0.490 e. The number of fused-ring (bicyclic) bond motifs is 1. The normalized spacial score (nSPS) is 14.1. The molecule has 0 aliphatic carbocycles. The number of carbonyl (C=O) groups is 1. The summed E-state index contributed by atoms with van der Waals surface area (Å²) < 4.78 is 32.5. The van der Waals surface area contributed by atoms with E-state index in [1.165, 1.54) is 7.05 Å². The van der Waals surface area contributed by atoms with Gasteiger partial charge in [0, 0.05) is 7.05 Å². The Kier molecular flexibility index (Phi) is 5.02. The first-order chi connectivity index (χ1) is 12.3. The lowest BCUT2D eigenvalue weighted by Crippen LogP contribution is -2.44. The van der Waals surface area contributed by atoms with Gasteiger partial charge < -0.3 is 9.64 Å². The lowest BCUT2D eigenvalue weighted by atomic mass is 10.2. The van der Waals surface area contributed by atoms with Gasteiger partial charge in [0.1, 0.15) is 12.4 Å². The second kappa shape index (κ2) is 7.09. The van der Waals surface area contributed by atoms with Crippen LogP contribution in [-0.2, 0) is 14.8 Å². The first-order valence-corrected chi connectivity index (χ1v) is 9.80. The van der Waals surface area contributed by atoms with Crippen LogP contribution in [0.3, 0.4) is 0 Å². The van der Waals surface area contributed by atoms with E-state index >= 15 is 0 Å². The predicted molar refractivity (Wildman–Crippen MR) is 100 cm³/mol. The molecule has 2 aromatic rings. The Morgan fingerprint density at radius 1 is 1.19 bits per heavy atom. The number of carbonyl (C=O) groups excluding carboxylic acids is 1. The minimum atomic E-state index is -3.75. The third-order valence-electron chi connectivity index (χ3n) is 4.42. The van der Waals surface area contributed by atoms with Crippen molar-refractivity contribution in [2.24, 2.45) is 0 Å². The van der Waals surface area contributed by atoms with E-state index in [0.717, 1.165) is 9.87 Å². The van der Waals surface area contributed by atoms with Crippen molar-refractivity contribution in [2.45, 2.75) is 18.7 Å². The number of para-hydroxylation sites is 2. The molecule has 0 fully saturated rings. The molecule has 0 bridgehead atoms. The zero-order valence-electron chi connectivity index (χ0n) is 15.1. The summed E-state index contributed by atoms with van der Waals surface area (Å²) in [6, 6.07) is 12.5. The molecule has 3 rings (SSSR count). The maximum Gasteiger partial charge on any atom is 0.243 e. The summed E-state index contributed by atoms with van der Waals surface area (Å²) in [7, 11) is -2.32. The van der Waals surface area contributed by atoms with Gasteiger partial charge in [-0.05, 0) is 43.2 Å². The maximum atomic E-state index is 12.9. The van der Waals surface area contributed by atoms with Crippen LogP contribution in [0.2, 0.25) is 0 Å². The zero-order chi connectivity index (χ0) is 18.9. The van der Waals surface area contributed by atoms with Crippen molar-refractivity contribution in [1.82, 2.24) is 4.31 Å². The zero-order valence-corrected chi connectivity index (χ0v) is 15.9. The number of likely N-dealkylation sites (N-methyl/N-ethyl adjacent to an activating group) is 1. The minimum absolute atomic E-state index is 0.232. The van der Waals surface area contributed by atoms with Gasteiger partial charge >= 0.3 is 0 Å². The molecule has 2 aromatic carbocycles. The lowest BCUT2D eigenvalue weighted by Gasteiger charge is -2.30. The van der Waals surface area contributed by atoms with Crippen LogP contribution in [-0.4, -0.2) is 45.4 Å². The topological polar surface area (TPSA) is 66.9 Å². The second-order valence-electron chi connectivity index (χ2n) is 6.39. The van der Waals surface area contributed by atoms with Gasteiger partial charge in [0.15, 0.2) is 0 Å². The Bertz CT molecular complexity index is 940. The molecule has 0 saturated carbocycles. The molecule has 1 amide bonds. The molecule has 26 heavy (non-hydrogen) atoms. The molecular weight excluding hydrogens is 352 g/mol. The van der Waals surface area contributed by atoms with Crippen LogP contribution in [0.15, 0.2) is 47.4 Å². The molecule has 0 atom stereocenters. The summed E-state index contributed by atoms with van der Waals surface area (Å²) in [6.45, 7) is 4.14. The minimum Gasteiger partial charge on any atom is -0.490 e. The highest BCUT2D eigenvalue weighted by Crippen LogP contribution is 2.31. The number of hydrogen-bond acceptors (Lipinski definition) is 4. The molecular formula is C19H22N2O4S. The Balaban J connectivity index is 1.83. The summed E-state index contributed by atoms with van der Waals surface area (Å²) in [5.74, 6) is 0.351. The van der Waals surface area contributed by atoms with Crippen LogP contribution >= 0.6 is 0 Å². The van der Waals surface area contributed by atoms with E-state index in [2.05, 4.69) is 0 Å². The van der Waals surface area contributed by atoms with Gasteiger partial charge in [0.05, 0.1) is 23.7 Å². The summed E-state index contributed by atoms with van der Waals surface area (Å²) in [5.41, 5.74) is 2.18. The highest BCUT2D eigenvalue weighted by molar-refractivity contribution is 7.89. The highest BCUT2D eigenvalue weighted by atomic mass is 32.2. The molecule has 0 unspecified atom stereocenters. The van der Waals surface area contributed by atoms with Crippen molar-refractivity contribution in [2.75, 3.05) is 31.6 Å². The molecule has 0 aromatic heterocycles. The fourth-order valence-electron chi connectivity index (χ4n) is 2.94. The third-order valence-corrected chi connectivity index (χ3v) is 6.36. The molecule has 0 N–H and O–H groups in total. The van der Waals surface area contributed by atoms with Gasteiger partial charge in [-0.2, -0.15) is 4.31 Å². The van der Waals surface area contributed by atoms with E-state index in [4.69, 9.17) is 4.74 Å². The number of ether oxygens (including phenoxy) is 1. The van der Waals surface area contributed by atoms with Gasteiger partial charge in [-0.15, -0.1) is 0 Å². The van der Waals surface area contributed by atoms with Crippen LogP contribution in [0.25, 0.3) is 0 Å². The predicted octanol–water partition coefficient (Wildman–Crippen LogP) is 2.35. The molecule has 0 radical (unpaired) electrons. The number of sulfonamides is 1. The fourth-order valence-corrected chi connectivity index (χ4v) is 4.37. The highest BCUT2D eigenvalue weighted by Gasteiger charge is 2.29. The molecule has 0 spiro atoms. The van der Waals surface area contributed by atoms with Gasteiger partial charge in [-0.3, -0.25) is 4.79 Å². The molecule has 7 heteroatoms. The molecule has 0 saturated heterocycles. The number of anilines is 1. The standard InChI is InChI=1S/C19H22N2O4S/c1-14-8-9-15(2)18(12-14)26(23,24)20(3)13-19(22)21-10-11-25-17-7-5-4-6-16(17)21/h4-9,12H,10-11,13H2,1-3H3. The van der Waals surface area contributed by atoms with Gasteiger partial charge in [-0.25, -0.2) is 8.42 Å². The van der Waals surface area contributed by atoms with Crippen molar-refractivity contribution in [1.29, 1.82) is 0 Å². The Morgan fingerprint density at radius 2 is 1.92 bits per heavy atom. The quantitative estimate of drug-likeness (QED) is 0.824. The van der Waals surface area contributed by atoms with Crippen LogP contribution in [0.5, 0.6) is 5.75 Å². The van der Waals surface area contributed by atoms with Crippen LogP contribution in [0.1, 0.15) is 11.1 Å². The average molecular weight is 374 g/mol. The number of benzene rings is 2. The van der Waals surface area contributed by atoms with E-state index in [1.54, 1.807) is 36.1 Å². The number of hydrogen-bond donors (Lipinski definition) is 0. The first-order valence-electron chi connectivity index (χ1n) is 8.36. The molecule has 1 aliphatic heterocycles. The van der Waals surface area contributed by atoms with Crippen molar-refractivity contribution in [3.8, 4) is 5.75 Å². The number of nitrogens with zero attached hydrogens (tertiary/aromatic N) is 2. The van der Waals surface area contributed by atoms with E-state index in [0.29, 0.717) is 30.2 Å². The summed E-state index contributed by atoms with van der Waals surface area (Å²) in [6.07, 6.45) is 0. The Morgan fingerprint density at radius 3 is 2.69 bits per heavy atom. The van der Waals surface area contributed by atoms with E-state index in [1.807, 2.05) is 25.1 Å². The molecule has 1 heterocycles. The van der Waals surface area contributed by atoms with Gasteiger partial charge in [-0.1, -0.05) is 24.3 Å². The lowest BCUT2D eigenvalue weighted by molar-refractivity contribution is -0.118. The van der Waals surface area contributed by atoms with E-state index < -0.39 is 10.0 Å². The summed E-state index contributed by atoms with van der Waals surface area (Å²) in [4.78, 5) is 14.6. The number of rotatable bonds is 4. The van der Waals surface area contributed by atoms with Gasteiger partial charge in [0.2, 0.25) is 15.9 Å². The fraction of sp³-hybridized carbons (Fsp3) is 0.316. The number of amides is 1. The van der Waals surface area contributed by atoms with Crippen LogP contribution in [0.4, 0.5) is 5.69 Å². The maximum absolute atomic E-state index is 12.9. The summed E-state index contributed by atoms with van der Waals surface area (Å²) >= 11 is 0. The third kappa shape index (κ3) is 3.45. The van der Waals surface area contributed by atoms with Gasteiger partial charge in [0.25, 0.3) is 0 Å². The summed E-state index contributed by atoms with van der Waals surface area (Å²) in [5, 5.41) is 0. The number of aryl methyl sites for hydroxylation is 2. The van der Waals surface area contributed by atoms with E-state index in [-0.39, 0.29) is 17.3 Å². The molecule has 6 nitrogen and oxygen atoms in total. The average Bonchev–Trinajstić information content (AvgIpc) is 2.63. The van der Waals surface area contributed by atoms with Crippen molar-refractivity contribution in [3.63, 3.8) is 0 Å². The molecule has 138 valence electrons. The molecule has 1 aliphatic rings. The van der Waals surface area contributed by atoms with Crippen molar-refractivity contribution >= 4 is 21.6 Å². The van der Waals surface area contributed by atoms with Crippen molar-refractivity contribution in [3.05, 3.63) is 53.6 Å². The van der Waals surface area contributed by atoms with Crippen LogP contribution < -0.4 is 9.64 Å².